The van der Waals surface area contributed by atoms with Gasteiger partial charge < -0.3 is 4.74 Å². The molecule has 3 aromatic carbocycles. The Balaban J connectivity index is 1.75. The van der Waals surface area contributed by atoms with Crippen molar-refractivity contribution in [3.05, 3.63) is 83.1 Å². The molecule has 5 rings (SSSR count). The number of alkyl halides is 3. The number of rotatable bonds is 3. The van der Waals surface area contributed by atoms with Crippen molar-refractivity contribution in [2.24, 2.45) is 0 Å². The SMILES string of the molecule is Cc1ccc2c(c1)c(Oc1cc(C(F)(F)F)ccc1-c1ccccc1)nn1c(Cl)nnc21. The highest BCUT2D eigenvalue weighted by Gasteiger charge is 2.31. The van der Waals surface area contributed by atoms with E-state index in [1.165, 1.54) is 10.6 Å². The summed E-state index contributed by atoms with van der Waals surface area (Å²) < 4.78 is 47.7. The number of hydrogen-bond donors (Lipinski definition) is 0. The van der Waals surface area contributed by atoms with E-state index >= 15 is 0 Å². The predicted octanol–water partition coefficient (Wildman–Crippen LogP) is 6.72. The van der Waals surface area contributed by atoms with E-state index in [1.54, 1.807) is 24.3 Å². The fraction of sp³-hybridized carbons (Fsp3) is 0.0870. The molecule has 0 N–H and O–H groups in total. The fourth-order valence-corrected chi connectivity index (χ4v) is 3.67. The van der Waals surface area contributed by atoms with Crippen LogP contribution < -0.4 is 4.74 Å². The number of aryl methyl sites for hydroxylation is 1. The summed E-state index contributed by atoms with van der Waals surface area (Å²) in [4.78, 5) is 0. The Hall–Kier alpha value is -3.65. The molecule has 0 amide bonds. The summed E-state index contributed by atoms with van der Waals surface area (Å²) in [7, 11) is 0. The first-order valence-corrected chi connectivity index (χ1v) is 9.95. The van der Waals surface area contributed by atoms with E-state index in [-0.39, 0.29) is 16.9 Å². The van der Waals surface area contributed by atoms with Gasteiger partial charge in [0.15, 0.2) is 5.65 Å². The molecule has 0 aliphatic carbocycles. The summed E-state index contributed by atoms with van der Waals surface area (Å²) in [6, 6.07) is 18.0. The van der Waals surface area contributed by atoms with Gasteiger partial charge in [0, 0.05) is 10.9 Å². The molecule has 0 spiro atoms. The molecule has 0 saturated carbocycles. The molecule has 0 unspecified atom stereocenters. The van der Waals surface area contributed by atoms with E-state index in [1.807, 2.05) is 31.2 Å². The Labute approximate surface area is 185 Å². The molecule has 2 aromatic heterocycles. The molecule has 0 atom stereocenters. The van der Waals surface area contributed by atoms with Crippen LogP contribution in [0.15, 0.2) is 66.7 Å². The predicted molar refractivity (Wildman–Crippen MR) is 115 cm³/mol. The highest BCUT2D eigenvalue weighted by atomic mass is 35.5. The normalized spacial score (nSPS) is 11.9. The summed E-state index contributed by atoms with van der Waals surface area (Å²) in [5.74, 6) is 0.110. The molecule has 0 fully saturated rings. The van der Waals surface area contributed by atoms with Gasteiger partial charge in [-0.1, -0.05) is 54.1 Å². The first-order valence-electron chi connectivity index (χ1n) is 9.57. The van der Waals surface area contributed by atoms with Crippen LogP contribution in [0.5, 0.6) is 11.6 Å². The Kier molecular flexibility index (Phi) is 4.74. The highest BCUT2D eigenvalue weighted by molar-refractivity contribution is 6.28. The molecule has 0 aliphatic heterocycles. The van der Waals surface area contributed by atoms with Gasteiger partial charge in [0.05, 0.1) is 10.9 Å². The molecule has 160 valence electrons. The van der Waals surface area contributed by atoms with E-state index in [0.29, 0.717) is 27.5 Å². The lowest BCUT2D eigenvalue weighted by atomic mass is 10.0. The van der Waals surface area contributed by atoms with Crippen LogP contribution in [-0.2, 0) is 6.18 Å². The van der Waals surface area contributed by atoms with E-state index in [9.17, 15) is 13.2 Å². The second-order valence-electron chi connectivity index (χ2n) is 7.24. The number of halogens is 4. The summed E-state index contributed by atoms with van der Waals surface area (Å²) in [6.07, 6.45) is -4.53. The molecule has 2 heterocycles. The smallest absolute Gasteiger partial charge is 0.416 e. The summed E-state index contributed by atoms with van der Waals surface area (Å²) in [6.45, 7) is 1.89. The van der Waals surface area contributed by atoms with Crippen LogP contribution in [0.1, 0.15) is 11.1 Å². The monoisotopic (exact) mass is 454 g/mol. The zero-order chi connectivity index (χ0) is 22.5. The number of fused-ring (bicyclic) bond motifs is 3. The van der Waals surface area contributed by atoms with Crippen LogP contribution in [0.4, 0.5) is 13.2 Å². The number of hydrogen-bond acceptors (Lipinski definition) is 4. The van der Waals surface area contributed by atoms with Gasteiger partial charge in [0.25, 0.3) is 0 Å². The Morgan fingerprint density at radius 2 is 1.69 bits per heavy atom. The average Bonchev–Trinajstić information content (AvgIpc) is 3.14. The van der Waals surface area contributed by atoms with E-state index in [2.05, 4.69) is 15.3 Å². The lowest BCUT2D eigenvalue weighted by molar-refractivity contribution is -0.137. The largest absolute Gasteiger partial charge is 0.436 e. The van der Waals surface area contributed by atoms with Gasteiger partial charge >= 0.3 is 6.18 Å². The van der Waals surface area contributed by atoms with E-state index in [0.717, 1.165) is 17.7 Å². The van der Waals surface area contributed by atoms with Gasteiger partial charge in [-0.25, -0.2) is 0 Å². The topological polar surface area (TPSA) is 52.3 Å². The van der Waals surface area contributed by atoms with Crippen molar-refractivity contribution in [1.29, 1.82) is 0 Å². The first kappa shape index (κ1) is 20.3. The lowest BCUT2D eigenvalue weighted by Gasteiger charge is -2.15. The van der Waals surface area contributed by atoms with Crippen molar-refractivity contribution in [3.63, 3.8) is 0 Å². The zero-order valence-corrected chi connectivity index (χ0v) is 17.3. The summed E-state index contributed by atoms with van der Waals surface area (Å²) in [5, 5.41) is 13.5. The third kappa shape index (κ3) is 3.52. The lowest BCUT2D eigenvalue weighted by Crippen LogP contribution is -2.06. The Morgan fingerprint density at radius 1 is 0.906 bits per heavy atom. The van der Waals surface area contributed by atoms with Gasteiger partial charge in [0.2, 0.25) is 11.2 Å². The molecule has 5 aromatic rings. The minimum atomic E-state index is -4.53. The molecule has 0 saturated heterocycles. The Bertz CT molecular complexity index is 1470. The minimum absolute atomic E-state index is 0.0136. The van der Waals surface area contributed by atoms with E-state index < -0.39 is 11.7 Å². The molecule has 0 aliphatic rings. The van der Waals surface area contributed by atoms with Crippen molar-refractivity contribution in [2.75, 3.05) is 0 Å². The van der Waals surface area contributed by atoms with Gasteiger partial charge in [-0.3, -0.25) is 0 Å². The number of benzene rings is 3. The first-order chi connectivity index (χ1) is 15.3. The van der Waals surface area contributed by atoms with E-state index in [4.69, 9.17) is 16.3 Å². The molecular weight excluding hydrogens is 441 g/mol. The van der Waals surface area contributed by atoms with Crippen molar-refractivity contribution < 1.29 is 17.9 Å². The highest BCUT2D eigenvalue weighted by Crippen LogP contribution is 2.40. The van der Waals surface area contributed by atoms with Crippen molar-refractivity contribution in [3.8, 4) is 22.8 Å². The third-order valence-electron chi connectivity index (χ3n) is 5.04. The fourth-order valence-electron chi connectivity index (χ4n) is 3.51. The van der Waals surface area contributed by atoms with Gasteiger partial charge in [-0.15, -0.1) is 15.3 Å². The van der Waals surface area contributed by atoms with Crippen molar-refractivity contribution in [1.82, 2.24) is 19.8 Å². The van der Waals surface area contributed by atoms with Gasteiger partial charge in [-0.2, -0.15) is 17.7 Å². The molecular formula is C23H14ClF3N4O. The minimum Gasteiger partial charge on any atom is -0.436 e. The summed E-state index contributed by atoms with van der Waals surface area (Å²) in [5.41, 5.74) is 1.73. The number of nitrogens with zero attached hydrogens (tertiary/aromatic N) is 4. The number of ether oxygens (including phenoxy) is 1. The van der Waals surface area contributed by atoms with Crippen LogP contribution in [0.3, 0.4) is 0 Å². The maximum Gasteiger partial charge on any atom is 0.416 e. The van der Waals surface area contributed by atoms with Crippen LogP contribution >= 0.6 is 11.6 Å². The molecule has 0 bridgehead atoms. The van der Waals surface area contributed by atoms with Crippen LogP contribution in [0, 0.1) is 6.92 Å². The van der Waals surface area contributed by atoms with Crippen LogP contribution in [0.25, 0.3) is 27.5 Å². The molecule has 9 heteroatoms. The molecule has 32 heavy (non-hydrogen) atoms. The van der Waals surface area contributed by atoms with Gasteiger partial charge in [0.1, 0.15) is 5.75 Å². The van der Waals surface area contributed by atoms with Crippen molar-refractivity contribution >= 4 is 28.0 Å². The Morgan fingerprint density at radius 3 is 2.44 bits per heavy atom. The van der Waals surface area contributed by atoms with Crippen LogP contribution in [0.2, 0.25) is 5.28 Å². The number of aromatic nitrogens is 4. The van der Waals surface area contributed by atoms with Gasteiger partial charge in [-0.05, 0) is 42.3 Å². The standard InChI is InChI=1S/C23H14ClF3N4O/c1-13-7-9-17-18(11-13)21(30-31-20(17)28-29-22(31)24)32-19-12-15(23(25,26)27)8-10-16(19)14-5-3-2-4-6-14/h2-12H,1H3. The van der Waals surface area contributed by atoms with Crippen LogP contribution in [-0.4, -0.2) is 19.8 Å². The maximum atomic E-state index is 13.5. The zero-order valence-electron chi connectivity index (χ0n) is 16.6. The quantitative estimate of drug-likeness (QED) is 0.304. The second kappa shape index (κ2) is 7.49. The average molecular weight is 455 g/mol. The summed E-state index contributed by atoms with van der Waals surface area (Å²) >= 11 is 6.11. The molecule has 5 nitrogen and oxygen atoms in total. The molecule has 0 radical (unpaired) electrons. The van der Waals surface area contributed by atoms with Crippen molar-refractivity contribution in [2.45, 2.75) is 13.1 Å². The third-order valence-corrected chi connectivity index (χ3v) is 5.28. The maximum absolute atomic E-state index is 13.5. The second-order valence-corrected chi connectivity index (χ2v) is 7.57.